The van der Waals surface area contributed by atoms with Crippen molar-refractivity contribution in [3.63, 3.8) is 0 Å². The van der Waals surface area contributed by atoms with Crippen molar-refractivity contribution >= 4 is 27.5 Å². The third kappa shape index (κ3) is 3.66. The van der Waals surface area contributed by atoms with Crippen LogP contribution in [0.15, 0.2) is 29.2 Å². The Bertz CT molecular complexity index is 553. The molecule has 19 heavy (non-hydrogen) atoms. The lowest BCUT2D eigenvalue weighted by atomic mass is 10.2. The van der Waals surface area contributed by atoms with Gasteiger partial charge in [-0.05, 0) is 37.1 Å². The Morgan fingerprint density at radius 3 is 2.58 bits per heavy atom. The Balaban J connectivity index is 1.97. The zero-order valence-electron chi connectivity index (χ0n) is 9.93. The normalized spacial score (nSPS) is 19.3. The first-order chi connectivity index (χ1) is 8.99. The van der Waals surface area contributed by atoms with Gasteiger partial charge >= 0.3 is 0 Å². The standard InChI is InChI=1S/C11H13ClN2O4S/c12-8-3-5-9(6-4-8)19(16,17)14-13-11(15)10-2-1-7-18-10/h3-6,10,14H,1-2,7H2,(H,13,15). The van der Waals surface area contributed by atoms with E-state index in [0.717, 1.165) is 6.42 Å². The molecule has 1 amide bonds. The van der Waals surface area contributed by atoms with Crippen LogP contribution in [-0.2, 0) is 19.6 Å². The molecule has 1 fully saturated rings. The van der Waals surface area contributed by atoms with E-state index in [4.69, 9.17) is 16.3 Å². The van der Waals surface area contributed by atoms with Crippen molar-refractivity contribution in [2.75, 3.05) is 6.61 Å². The summed E-state index contributed by atoms with van der Waals surface area (Å²) in [6.07, 6.45) is 0.796. The van der Waals surface area contributed by atoms with E-state index in [9.17, 15) is 13.2 Å². The van der Waals surface area contributed by atoms with Crippen molar-refractivity contribution in [2.45, 2.75) is 23.8 Å². The van der Waals surface area contributed by atoms with Gasteiger partial charge in [-0.1, -0.05) is 11.6 Å². The molecule has 0 saturated carbocycles. The van der Waals surface area contributed by atoms with Crippen molar-refractivity contribution in [2.24, 2.45) is 0 Å². The molecule has 1 unspecified atom stereocenters. The summed E-state index contributed by atoms with van der Waals surface area (Å²) in [6.45, 7) is 0.516. The molecule has 1 saturated heterocycles. The molecule has 1 aliphatic heterocycles. The molecule has 0 spiro atoms. The average molecular weight is 305 g/mol. The first-order valence-corrected chi connectivity index (χ1v) is 7.54. The molecule has 1 heterocycles. The predicted molar refractivity (Wildman–Crippen MR) is 68.9 cm³/mol. The summed E-state index contributed by atoms with van der Waals surface area (Å²) in [5.41, 5.74) is 2.14. The van der Waals surface area contributed by atoms with Gasteiger partial charge in [-0.25, -0.2) is 8.42 Å². The third-order valence-electron chi connectivity index (χ3n) is 2.65. The van der Waals surface area contributed by atoms with Crippen LogP contribution < -0.4 is 10.3 Å². The Kier molecular flexibility index (Phi) is 4.41. The van der Waals surface area contributed by atoms with Crippen LogP contribution in [0.1, 0.15) is 12.8 Å². The number of hydrogen-bond donors (Lipinski definition) is 2. The highest BCUT2D eigenvalue weighted by atomic mass is 35.5. The maximum atomic E-state index is 11.9. The number of benzene rings is 1. The number of sulfonamides is 1. The molecule has 0 bridgehead atoms. The fraction of sp³-hybridized carbons (Fsp3) is 0.364. The first kappa shape index (κ1) is 14.3. The van der Waals surface area contributed by atoms with E-state index < -0.39 is 22.0 Å². The molecule has 0 radical (unpaired) electrons. The number of hydrogen-bond acceptors (Lipinski definition) is 4. The topological polar surface area (TPSA) is 84.5 Å². The molecule has 2 N–H and O–H groups in total. The molecule has 0 aliphatic carbocycles. The number of ether oxygens (including phenoxy) is 1. The lowest BCUT2D eigenvalue weighted by Crippen LogP contribution is -2.46. The van der Waals surface area contributed by atoms with Crippen LogP contribution in [0.2, 0.25) is 5.02 Å². The average Bonchev–Trinajstić information content (AvgIpc) is 2.90. The highest BCUT2D eigenvalue weighted by molar-refractivity contribution is 7.89. The SMILES string of the molecule is O=C(NNS(=O)(=O)c1ccc(Cl)cc1)C1CCCO1. The summed E-state index contributed by atoms with van der Waals surface area (Å²) in [4.78, 5) is 13.6. The monoisotopic (exact) mass is 304 g/mol. The van der Waals surface area contributed by atoms with Crippen molar-refractivity contribution in [3.05, 3.63) is 29.3 Å². The molecular weight excluding hydrogens is 292 g/mol. The summed E-state index contributed by atoms with van der Waals surface area (Å²) in [5.74, 6) is -0.491. The summed E-state index contributed by atoms with van der Waals surface area (Å²) in [7, 11) is -3.80. The Morgan fingerprint density at radius 1 is 1.32 bits per heavy atom. The molecule has 104 valence electrons. The fourth-order valence-corrected chi connectivity index (χ4v) is 2.63. The van der Waals surface area contributed by atoms with Gasteiger partial charge < -0.3 is 4.74 Å². The smallest absolute Gasteiger partial charge is 0.264 e. The van der Waals surface area contributed by atoms with Crippen molar-refractivity contribution in [1.29, 1.82) is 0 Å². The van der Waals surface area contributed by atoms with Crippen LogP contribution in [0, 0.1) is 0 Å². The maximum Gasteiger partial charge on any atom is 0.264 e. The minimum absolute atomic E-state index is 0.0181. The van der Waals surface area contributed by atoms with Crippen LogP contribution in [0.5, 0.6) is 0 Å². The van der Waals surface area contributed by atoms with E-state index >= 15 is 0 Å². The number of rotatable bonds is 4. The van der Waals surface area contributed by atoms with Gasteiger partial charge in [0.25, 0.3) is 15.9 Å². The summed E-state index contributed by atoms with van der Waals surface area (Å²) < 4.78 is 28.8. The van der Waals surface area contributed by atoms with Crippen LogP contribution in [-0.4, -0.2) is 27.0 Å². The molecule has 2 rings (SSSR count). The van der Waals surface area contributed by atoms with Crippen LogP contribution >= 0.6 is 11.6 Å². The minimum atomic E-state index is -3.80. The molecule has 1 aromatic carbocycles. The second kappa shape index (κ2) is 5.87. The van der Waals surface area contributed by atoms with Gasteiger partial charge in [-0.15, -0.1) is 4.83 Å². The highest BCUT2D eigenvalue weighted by Crippen LogP contribution is 2.14. The lowest BCUT2D eigenvalue weighted by molar-refractivity contribution is -0.130. The summed E-state index contributed by atoms with van der Waals surface area (Å²) in [5, 5.41) is 0.433. The van der Waals surface area contributed by atoms with Crippen molar-refractivity contribution in [1.82, 2.24) is 10.3 Å². The third-order valence-corrected chi connectivity index (χ3v) is 4.17. The molecule has 1 atom stereocenters. The number of carbonyl (C=O) groups excluding carboxylic acids is 1. The largest absolute Gasteiger partial charge is 0.368 e. The molecule has 6 nitrogen and oxygen atoms in total. The van der Waals surface area contributed by atoms with E-state index in [2.05, 4.69) is 5.43 Å². The molecule has 1 aliphatic rings. The quantitative estimate of drug-likeness (QED) is 0.807. The summed E-state index contributed by atoms with van der Waals surface area (Å²) >= 11 is 5.67. The van der Waals surface area contributed by atoms with E-state index in [1.165, 1.54) is 24.3 Å². The number of halogens is 1. The highest BCUT2D eigenvalue weighted by Gasteiger charge is 2.25. The number of carbonyl (C=O) groups is 1. The molecular formula is C11H13ClN2O4S. The first-order valence-electron chi connectivity index (χ1n) is 5.68. The van der Waals surface area contributed by atoms with Gasteiger partial charge in [0.2, 0.25) is 0 Å². The Hall–Kier alpha value is -1.15. The lowest BCUT2D eigenvalue weighted by Gasteiger charge is -2.11. The van der Waals surface area contributed by atoms with Gasteiger partial charge in [-0.2, -0.15) is 0 Å². The Morgan fingerprint density at radius 2 is 2.00 bits per heavy atom. The fourth-order valence-electron chi connectivity index (χ4n) is 1.66. The van der Waals surface area contributed by atoms with Crippen molar-refractivity contribution < 1.29 is 17.9 Å². The van der Waals surface area contributed by atoms with Crippen molar-refractivity contribution in [3.8, 4) is 0 Å². The van der Waals surface area contributed by atoms with E-state index in [-0.39, 0.29) is 4.90 Å². The Labute approximate surface area is 116 Å². The molecule has 1 aromatic rings. The zero-order chi connectivity index (χ0) is 13.9. The van der Waals surface area contributed by atoms with Gasteiger partial charge in [-0.3, -0.25) is 10.2 Å². The zero-order valence-corrected chi connectivity index (χ0v) is 11.5. The van der Waals surface area contributed by atoms with E-state index in [1.54, 1.807) is 0 Å². The van der Waals surface area contributed by atoms with Gasteiger partial charge in [0.1, 0.15) is 6.10 Å². The van der Waals surface area contributed by atoms with Gasteiger partial charge in [0, 0.05) is 11.6 Å². The van der Waals surface area contributed by atoms with Crippen LogP contribution in [0.4, 0.5) is 0 Å². The van der Waals surface area contributed by atoms with Crippen LogP contribution in [0.25, 0.3) is 0 Å². The van der Waals surface area contributed by atoms with Gasteiger partial charge in [0.15, 0.2) is 0 Å². The second-order valence-electron chi connectivity index (χ2n) is 4.05. The minimum Gasteiger partial charge on any atom is -0.368 e. The van der Waals surface area contributed by atoms with E-state index in [1.807, 2.05) is 4.83 Å². The molecule has 8 heteroatoms. The van der Waals surface area contributed by atoms with Gasteiger partial charge in [0.05, 0.1) is 4.90 Å². The number of nitrogens with one attached hydrogen (secondary N) is 2. The number of amides is 1. The van der Waals surface area contributed by atoms with Crippen LogP contribution in [0.3, 0.4) is 0 Å². The van der Waals surface area contributed by atoms with E-state index in [0.29, 0.717) is 18.1 Å². The summed E-state index contributed by atoms with van der Waals surface area (Å²) in [6, 6.07) is 5.61. The predicted octanol–water partition coefficient (Wildman–Crippen LogP) is 0.829. The molecule has 0 aromatic heterocycles. The maximum absolute atomic E-state index is 11.9. The number of hydrazine groups is 1. The second-order valence-corrected chi connectivity index (χ2v) is 6.17.